The first kappa shape index (κ1) is 12.0. The summed E-state index contributed by atoms with van der Waals surface area (Å²) in [4.78, 5) is 0. The largest absolute Gasteiger partial charge is 0.507 e. The fraction of sp³-hybridized carbons (Fsp3) is 0. The average Bonchev–Trinajstić information content (AvgIpc) is 2.55. The molecule has 0 aliphatic heterocycles. The molecule has 21 heavy (non-hydrogen) atoms. The lowest BCUT2D eigenvalue weighted by atomic mass is 9.97. The van der Waals surface area contributed by atoms with Crippen molar-refractivity contribution < 1.29 is 5.11 Å². The minimum absolute atomic E-state index is 0.351. The van der Waals surface area contributed by atoms with Gasteiger partial charge in [0.25, 0.3) is 0 Å². The number of hydrogen-bond donors (Lipinski definition) is 1. The van der Waals surface area contributed by atoms with Crippen molar-refractivity contribution in [3.8, 4) is 16.9 Å². The fourth-order valence-corrected chi connectivity index (χ4v) is 2.85. The Hall–Kier alpha value is -2.80. The summed E-state index contributed by atoms with van der Waals surface area (Å²) in [6, 6.07) is 26.5. The molecule has 1 nitrogen and oxygen atoms in total. The number of benzene rings is 4. The van der Waals surface area contributed by atoms with Crippen molar-refractivity contribution >= 4 is 21.5 Å². The van der Waals surface area contributed by atoms with Gasteiger partial charge in [0, 0.05) is 10.9 Å². The highest BCUT2D eigenvalue weighted by Gasteiger charge is 2.09. The molecule has 0 saturated heterocycles. The van der Waals surface area contributed by atoms with Gasteiger partial charge in [-0.25, -0.2) is 0 Å². The predicted octanol–water partition coefficient (Wildman–Crippen LogP) is 5.37. The van der Waals surface area contributed by atoms with E-state index in [9.17, 15) is 5.11 Å². The van der Waals surface area contributed by atoms with Crippen LogP contribution in [0.4, 0.5) is 0 Å². The molecular formula is C20H14O. The van der Waals surface area contributed by atoms with Gasteiger partial charge in [-0.3, -0.25) is 0 Å². The maximum atomic E-state index is 10.7. The third-order valence-corrected chi connectivity index (χ3v) is 3.94. The van der Waals surface area contributed by atoms with Crippen molar-refractivity contribution in [1.82, 2.24) is 0 Å². The van der Waals surface area contributed by atoms with Crippen molar-refractivity contribution in [1.29, 1.82) is 0 Å². The number of rotatable bonds is 1. The standard InChI is InChI=1S/C20H14O/c21-20-18(14-6-2-1-3-7-14)11-10-17-12-15-8-4-5-9-16(15)13-19(17)20/h1-13,21H. The maximum absolute atomic E-state index is 10.7. The molecule has 0 saturated carbocycles. The van der Waals surface area contributed by atoms with Crippen molar-refractivity contribution in [2.45, 2.75) is 0 Å². The highest BCUT2D eigenvalue weighted by Crippen LogP contribution is 2.37. The first-order chi connectivity index (χ1) is 10.3. The summed E-state index contributed by atoms with van der Waals surface area (Å²) < 4.78 is 0. The highest BCUT2D eigenvalue weighted by atomic mass is 16.3. The summed E-state index contributed by atoms with van der Waals surface area (Å²) in [6.07, 6.45) is 0. The van der Waals surface area contributed by atoms with Gasteiger partial charge in [0.15, 0.2) is 0 Å². The van der Waals surface area contributed by atoms with E-state index in [2.05, 4.69) is 30.3 Å². The number of aromatic hydroxyl groups is 1. The molecule has 0 unspecified atom stereocenters. The lowest BCUT2D eigenvalue weighted by Crippen LogP contribution is -1.82. The summed E-state index contributed by atoms with van der Waals surface area (Å²) in [5.74, 6) is 0.351. The van der Waals surface area contributed by atoms with Crippen molar-refractivity contribution in [3.05, 3.63) is 78.9 Å². The number of phenols is 1. The second-order valence-corrected chi connectivity index (χ2v) is 5.25. The van der Waals surface area contributed by atoms with Gasteiger partial charge in [-0.1, -0.05) is 66.7 Å². The lowest BCUT2D eigenvalue weighted by Gasteiger charge is -2.09. The Balaban J connectivity index is 2.04. The van der Waals surface area contributed by atoms with E-state index in [1.807, 2.05) is 48.5 Å². The molecule has 0 aromatic heterocycles. The van der Waals surface area contributed by atoms with Crippen molar-refractivity contribution in [2.24, 2.45) is 0 Å². The van der Waals surface area contributed by atoms with Gasteiger partial charge in [-0.05, 0) is 33.9 Å². The van der Waals surface area contributed by atoms with E-state index in [-0.39, 0.29) is 0 Å². The molecule has 0 fully saturated rings. The number of fused-ring (bicyclic) bond motifs is 2. The molecule has 4 aromatic rings. The monoisotopic (exact) mass is 270 g/mol. The topological polar surface area (TPSA) is 20.2 Å². The van der Waals surface area contributed by atoms with Gasteiger partial charge in [-0.15, -0.1) is 0 Å². The van der Waals surface area contributed by atoms with Crippen molar-refractivity contribution in [3.63, 3.8) is 0 Å². The second-order valence-electron chi connectivity index (χ2n) is 5.25. The smallest absolute Gasteiger partial charge is 0.131 e. The van der Waals surface area contributed by atoms with Crippen LogP contribution in [0.2, 0.25) is 0 Å². The molecule has 4 aromatic carbocycles. The van der Waals surface area contributed by atoms with Gasteiger partial charge in [0.2, 0.25) is 0 Å². The van der Waals surface area contributed by atoms with Gasteiger partial charge in [0.05, 0.1) is 0 Å². The minimum Gasteiger partial charge on any atom is -0.507 e. The van der Waals surface area contributed by atoms with Crippen LogP contribution in [0.3, 0.4) is 0 Å². The Labute approximate surface area is 123 Å². The second kappa shape index (κ2) is 4.64. The molecule has 1 heteroatoms. The third-order valence-electron chi connectivity index (χ3n) is 3.94. The van der Waals surface area contributed by atoms with Gasteiger partial charge in [0.1, 0.15) is 5.75 Å². The van der Waals surface area contributed by atoms with E-state index in [0.717, 1.165) is 27.3 Å². The Morgan fingerprint density at radius 1 is 0.571 bits per heavy atom. The van der Waals surface area contributed by atoms with Crippen LogP contribution < -0.4 is 0 Å². The zero-order valence-corrected chi connectivity index (χ0v) is 11.5. The summed E-state index contributed by atoms with van der Waals surface area (Å²) in [5, 5.41) is 15.0. The van der Waals surface area contributed by atoms with Crippen LogP contribution in [0.15, 0.2) is 78.9 Å². The molecule has 0 spiro atoms. The molecule has 1 N–H and O–H groups in total. The van der Waals surface area contributed by atoms with E-state index in [1.165, 1.54) is 5.39 Å². The Morgan fingerprint density at radius 2 is 1.24 bits per heavy atom. The minimum atomic E-state index is 0.351. The van der Waals surface area contributed by atoms with Gasteiger partial charge in [-0.2, -0.15) is 0 Å². The van der Waals surface area contributed by atoms with E-state index in [0.29, 0.717) is 5.75 Å². The number of phenolic OH excluding ortho intramolecular Hbond substituents is 1. The molecule has 0 bridgehead atoms. The molecule has 0 aliphatic carbocycles. The fourth-order valence-electron chi connectivity index (χ4n) is 2.85. The quantitative estimate of drug-likeness (QED) is 0.461. The van der Waals surface area contributed by atoms with Crippen LogP contribution in [0.1, 0.15) is 0 Å². The summed E-state index contributed by atoms with van der Waals surface area (Å²) in [6.45, 7) is 0. The average molecular weight is 270 g/mol. The Morgan fingerprint density at radius 3 is 2.00 bits per heavy atom. The van der Waals surface area contributed by atoms with Crippen molar-refractivity contribution in [2.75, 3.05) is 0 Å². The molecule has 100 valence electrons. The van der Waals surface area contributed by atoms with Gasteiger partial charge < -0.3 is 5.11 Å². The van der Waals surface area contributed by atoms with Gasteiger partial charge >= 0.3 is 0 Å². The third kappa shape index (κ3) is 1.95. The SMILES string of the molecule is Oc1c(-c2ccccc2)ccc2cc3ccccc3cc12. The molecule has 0 heterocycles. The molecule has 0 radical (unpaired) electrons. The maximum Gasteiger partial charge on any atom is 0.131 e. The molecular weight excluding hydrogens is 256 g/mol. The zero-order valence-electron chi connectivity index (χ0n) is 11.5. The normalized spacial score (nSPS) is 11.0. The Kier molecular flexibility index (Phi) is 2.65. The van der Waals surface area contributed by atoms with Crippen LogP contribution in [0.25, 0.3) is 32.7 Å². The lowest BCUT2D eigenvalue weighted by molar-refractivity contribution is 0.483. The van der Waals surface area contributed by atoms with Crippen LogP contribution in [0, 0.1) is 0 Å². The van der Waals surface area contributed by atoms with Crippen LogP contribution >= 0.6 is 0 Å². The summed E-state index contributed by atoms with van der Waals surface area (Å²) >= 11 is 0. The van der Waals surface area contributed by atoms with E-state index < -0.39 is 0 Å². The zero-order chi connectivity index (χ0) is 14.2. The first-order valence-corrected chi connectivity index (χ1v) is 7.03. The van der Waals surface area contributed by atoms with Crippen LogP contribution in [-0.2, 0) is 0 Å². The Bertz CT molecular complexity index is 940. The summed E-state index contributed by atoms with van der Waals surface area (Å²) in [7, 11) is 0. The first-order valence-electron chi connectivity index (χ1n) is 7.03. The molecule has 4 rings (SSSR count). The van der Waals surface area contributed by atoms with Crippen LogP contribution in [0.5, 0.6) is 5.75 Å². The van der Waals surface area contributed by atoms with E-state index in [1.54, 1.807) is 0 Å². The van der Waals surface area contributed by atoms with E-state index >= 15 is 0 Å². The van der Waals surface area contributed by atoms with E-state index in [4.69, 9.17) is 0 Å². The molecule has 0 amide bonds. The molecule has 0 atom stereocenters. The highest BCUT2D eigenvalue weighted by molar-refractivity contribution is 6.03. The number of hydrogen-bond acceptors (Lipinski definition) is 1. The van der Waals surface area contributed by atoms with Crippen LogP contribution in [-0.4, -0.2) is 5.11 Å². The predicted molar refractivity (Wildman–Crippen MR) is 88.6 cm³/mol. The summed E-state index contributed by atoms with van der Waals surface area (Å²) in [5.41, 5.74) is 1.91. The molecule has 0 aliphatic rings.